The van der Waals surface area contributed by atoms with Crippen LogP contribution in [0.15, 0.2) is 48.5 Å². The van der Waals surface area contributed by atoms with Crippen LogP contribution in [0.25, 0.3) is 0 Å². The second-order valence-electron chi connectivity index (χ2n) is 13.7. The Morgan fingerprint density at radius 3 is 1.70 bits per heavy atom. The molecule has 0 bridgehead atoms. The molecule has 240 valence electrons. The number of methoxy groups -OCH3 is 2. The van der Waals surface area contributed by atoms with Crippen LogP contribution in [0.2, 0.25) is 0 Å². The van der Waals surface area contributed by atoms with Crippen LogP contribution in [0.4, 0.5) is 21.0 Å². The summed E-state index contributed by atoms with van der Waals surface area (Å²) in [5.74, 6) is 1.71. The van der Waals surface area contributed by atoms with Crippen molar-refractivity contribution in [2.75, 3.05) is 82.9 Å². The van der Waals surface area contributed by atoms with E-state index in [0.29, 0.717) is 32.7 Å². The van der Waals surface area contributed by atoms with Gasteiger partial charge in [0.05, 0.1) is 25.6 Å². The number of hydrogen-bond acceptors (Lipinski definition) is 6. The molecule has 1 aliphatic carbocycles. The molecule has 4 amide bonds. The van der Waals surface area contributed by atoms with E-state index in [4.69, 9.17) is 9.47 Å². The Morgan fingerprint density at radius 1 is 0.727 bits per heavy atom. The molecule has 1 saturated carbocycles. The predicted octanol–water partition coefficient (Wildman–Crippen LogP) is 4.65. The topological polar surface area (TPSA) is 89.6 Å². The quantitative estimate of drug-likeness (QED) is 0.477. The summed E-state index contributed by atoms with van der Waals surface area (Å²) in [6.07, 6.45) is 2.76. The summed E-state index contributed by atoms with van der Waals surface area (Å²) in [5, 5.41) is 6.61. The third kappa shape index (κ3) is 7.45. The Labute approximate surface area is 262 Å². The summed E-state index contributed by atoms with van der Waals surface area (Å²) in [6, 6.07) is 16.1. The zero-order valence-electron chi connectivity index (χ0n) is 27.1. The number of ether oxygens (including phenoxy) is 2. The van der Waals surface area contributed by atoms with Crippen LogP contribution in [0.5, 0.6) is 11.5 Å². The van der Waals surface area contributed by atoms with Crippen molar-refractivity contribution in [2.24, 2.45) is 10.8 Å². The van der Waals surface area contributed by atoms with E-state index in [-0.39, 0.29) is 28.9 Å². The molecule has 3 aliphatic rings. The zero-order valence-corrected chi connectivity index (χ0v) is 27.1. The van der Waals surface area contributed by atoms with Gasteiger partial charge >= 0.3 is 12.1 Å². The molecule has 2 saturated heterocycles. The smallest absolute Gasteiger partial charge is 0.317 e. The van der Waals surface area contributed by atoms with Gasteiger partial charge in [-0.3, -0.25) is 0 Å². The van der Waals surface area contributed by atoms with Gasteiger partial charge in [0.25, 0.3) is 0 Å². The highest BCUT2D eigenvalue weighted by Gasteiger charge is 2.42. The average molecular weight is 607 g/mol. The molecule has 0 unspecified atom stereocenters. The number of hydrogen-bond donors (Lipinski definition) is 2. The SMILES string of the molecule is COc1ccccc1N1CCN(C(=O)NC[C@@]2(C)C[C@H](NC(=O)N3CCN(c4ccccc4OC)CC3)CC(C)(C)C2)CC1. The van der Waals surface area contributed by atoms with Crippen molar-refractivity contribution >= 4 is 23.4 Å². The first-order valence-electron chi connectivity index (χ1n) is 15.9. The summed E-state index contributed by atoms with van der Waals surface area (Å²) in [7, 11) is 3.38. The lowest BCUT2D eigenvalue weighted by Crippen LogP contribution is -2.57. The van der Waals surface area contributed by atoms with Gasteiger partial charge in [-0.05, 0) is 54.4 Å². The number of nitrogens with zero attached hydrogens (tertiary/aromatic N) is 4. The van der Waals surface area contributed by atoms with Gasteiger partial charge in [0.1, 0.15) is 11.5 Å². The second-order valence-corrected chi connectivity index (χ2v) is 13.7. The summed E-state index contributed by atoms with van der Waals surface area (Å²) in [4.78, 5) is 35.0. The Balaban J connectivity index is 1.11. The number of urea groups is 2. The van der Waals surface area contributed by atoms with Crippen molar-refractivity contribution in [3.8, 4) is 11.5 Å². The molecule has 0 aromatic heterocycles. The maximum absolute atomic E-state index is 13.4. The molecule has 10 nitrogen and oxygen atoms in total. The number of para-hydroxylation sites is 4. The molecule has 0 spiro atoms. The van der Waals surface area contributed by atoms with Crippen LogP contribution in [0.1, 0.15) is 40.0 Å². The number of rotatable bonds is 7. The zero-order chi connectivity index (χ0) is 31.3. The first kappa shape index (κ1) is 31.6. The number of anilines is 2. The van der Waals surface area contributed by atoms with E-state index in [2.05, 4.69) is 53.3 Å². The molecule has 0 radical (unpaired) electrons. The van der Waals surface area contributed by atoms with Gasteiger partial charge in [0.2, 0.25) is 0 Å². The van der Waals surface area contributed by atoms with Crippen molar-refractivity contribution in [1.82, 2.24) is 20.4 Å². The van der Waals surface area contributed by atoms with E-state index in [0.717, 1.165) is 68.3 Å². The number of nitrogens with one attached hydrogen (secondary N) is 2. The molecule has 44 heavy (non-hydrogen) atoms. The fourth-order valence-corrected chi connectivity index (χ4v) is 7.62. The number of piperazine rings is 2. The summed E-state index contributed by atoms with van der Waals surface area (Å²) < 4.78 is 11.1. The van der Waals surface area contributed by atoms with E-state index in [9.17, 15) is 9.59 Å². The Kier molecular flexibility index (Phi) is 9.65. The third-order valence-electron chi connectivity index (χ3n) is 9.42. The van der Waals surface area contributed by atoms with E-state index < -0.39 is 0 Å². The minimum atomic E-state index is -0.114. The Bertz CT molecular complexity index is 1290. The first-order chi connectivity index (χ1) is 21.1. The van der Waals surface area contributed by atoms with E-state index in [1.165, 1.54) is 0 Å². The Morgan fingerprint density at radius 2 is 1.20 bits per heavy atom. The molecule has 2 aliphatic heterocycles. The molecule has 10 heteroatoms. The van der Waals surface area contributed by atoms with Crippen LogP contribution in [-0.2, 0) is 0 Å². The monoisotopic (exact) mass is 606 g/mol. The molecule has 2 N–H and O–H groups in total. The number of carbonyl (C=O) groups excluding carboxylic acids is 2. The molecular formula is C34H50N6O4. The number of amides is 4. The highest BCUT2D eigenvalue weighted by molar-refractivity contribution is 5.75. The molecule has 5 rings (SSSR count). The van der Waals surface area contributed by atoms with Gasteiger partial charge in [-0.1, -0.05) is 45.0 Å². The lowest BCUT2D eigenvalue weighted by molar-refractivity contribution is 0.0705. The van der Waals surface area contributed by atoms with Gasteiger partial charge < -0.3 is 39.7 Å². The molecule has 2 aromatic rings. The van der Waals surface area contributed by atoms with E-state index in [1.807, 2.05) is 46.2 Å². The van der Waals surface area contributed by atoms with Crippen molar-refractivity contribution < 1.29 is 19.1 Å². The van der Waals surface area contributed by atoms with Crippen molar-refractivity contribution in [3.63, 3.8) is 0 Å². The minimum absolute atomic E-state index is 0.00618. The van der Waals surface area contributed by atoms with Gasteiger partial charge in [-0.15, -0.1) is 0 Å². The van der Waals surface area contributed by atoms with E-state index >= 15 is 0 Å². The van der Waals surface area contributed by atoms with Crippen LogP contribution in [-0.4, -0.2) is 101 Å². The summed E-state index contributed by atoms with van der Waals surface area (Å²) >= 11 is 0. The Hall–Kier alpha value is -3.82. The van der Waals surface area contributed by atoms with Crippen molar-refractivity contribution in [3.05, 3.63) is 48.5 Å². The first-order valence-corrected chi connectivity index (χ1v) is 15.9. The van der Waals surface area contributed by atoms with Crippen LogP contribution in [0.3, 0.4) is 0 Å². The van der Waals surface area contributed by atoms with Crippen LogP contribution >= 0.6 is 0 Å². The fraction of sp³-hybridized carbons (Fsp3) is 0.588. The number of benzene rings is 2. The summed E-state index contributed by atoms with van der Waals surface area (Å²) in [6.45, 7) is 13.1. The van der Waals surface area contributed by atoms with Crippen molar-refractivity contribution in [1.29, 1.82) is 0 Å². The highest BCUT2D eigenvalue weighted by atomic mass is 16.5. The van der Waals surface area contributed by atoms with Gasteiger partial charge in [0, 0.05) is 64.9 Å². The van der Waals surface area contributed by atoms with Crippen molar-refractivity contribution in [2.45, 2.75) is 46.1 Å². The average Bonchev–Trinajstić information content (AvgIpc) is 3.02. The number of carbonyl (C=O) groups is 2. The maximum Gasteiger partial charge on any atom is 0.317 e. The molecule has 2 heterocycles. The second kappa shape index (κ2) is 13.4. The standard InChI is InChI=1S/C34H50N6O4/c1-33(2)22-26(36-32(42)40-20-16-38(17-21-40)28-11-7-9-13-30(28)44-5)23-34(3,24-33)25-35-31(41)39-18-14-37(15-19-39)27-10-6-8-12-29(27)43-4/h6-13,26H,14-25H2,1-5H3,(H,35,41)(H,36,42)/t26-,34+/m1/s1. The van der Waals surface area contributed by atoms with Gasteiger partial charge in [0.15, 0.2) is 0 Å². The van der Waals surface area contributed by atoms with Gasteiger partial charge in [-0.2, -0.15) is 0 Å². The van der Waals surface area contributed by atoms with Crippen LogP contribution < -0.4 is 29.9 Å². The molecule has 2 aromatic carbocycles. The predicted molar refractivity (Wildman–Crippen MR) is 175 cm³/mol. The third-order valence-corrected chi connectivity index (χ3v) is 9.42. The lowest BCUT2D eigenvalue weighted by Gasteiger charge is -2.47. The van der Waals surface area contributed by atoms with Crippen LogP contribution in [0, 0.1) is 10.8 Å². The fourth-order valence-electron chi connectivity index (χ4n) is 7.62. The van der Waals surface area contributed by atoms with E-state index in [1.54, 1.807) is 14.2 Å². The summed E-state index contributed by atoms with van der Waals surface area (Å²) in [5.41, 5.74) is 2.08. The molecule has 3 fully saturated rings. The normalized spacial score (nSPS) is 23.6. The highest BCUT2D eigenvalue weighted by Crippen LogP contribution is 2.46. The molecule has 2 atom stereocenters. The lowest BCUT2D eigenvalue weighted by atomic mass is 9.62. The molecular weight excluding hydrogens is 556 g/mol. The maximum atomic E-state index is 13.4. The minimum Gasteiger partial charge on any atom is -0.495 e. The van der Waals surface area contributed by atoms with Gasteiger partial charge in [-0.25, -0.2) is 9.59 Å². The largest absolute Gasteiger partial charge is 0.495 e.